The SMILES string of the molecule is O=C1c2oc3ccccc3c(=O)c2C(c2ccccc2F)N1c1ccccn1. The fourth-order valence-electron chi connectivity index (χ4n) is 3.64. The second-order valence-corrected chi connectivity index (χ2v) is 6.46. The molecule has 0 bridgehead atoms. The standard InChI is InChI=1S/C22H13FN2O3/c23-15-9-3-1-7-13(15)19-18-20(26)14-8-2-4-10-16(14)28-21(18)22(27)25(19)17-11-5-6-12-24-17/h1-12,19H. The quantitative estimate of drug-likeness (QED) is 0.532. The summed E-state index contributed by atoms with van der Waals surface area (Å²) in [5.74, 6) is -0.801. The van der Waals surface area contributed by atoms with Crippen molar-refractivity contribution in [2.24, 2.45) is 0 Å². The molecule has 28 heavy (non-hydrogen) atoms. The lowest BCUT2D eigenvalue weighted by Gasteiger charge is -2.24. The molecule has 0 fully saturated rings. The maximum atomic E-state index is 14.7. The Balaban J connectivity index is 1.86. The Morgan fingerprint density at radius 3 is 2.46 bits per heavy atom. The number of hydrogen-bond donors (Lipinski definition) is 0. The number of pyridine rings is 1. The van der Waals surface area contributed by atoms with Crippen molar-refractivity contribution in [1.29, 1.82) is 0 Å². The van der Waals surface area contributed by atoms with Crippen LogP contribution in [0.5, 0.6) is 0 Å². The molecule has 6 heteroatoms. The third-order valence-electron chi connectivity index (χ3n) is 4.87. The molecule has 0 saturated carbocycles. The van der Waals surface area contributed by atoms with Crippen molar-refractivity contribution in [3.63, 3.8) is 0 Å². The largest absolute Gasteiger partial charge is 0.450 e. The van der Waals surface area contributed by atoms with Crippen LogP contribution in [-0.4, -0.2) is 10.9 Å². The Morgan fingerprint density at radius 1 is 0.929 bits per heavy atom. The van der Waals surface area contributed by atoms with E-state index < -0.39 is 17.8 Å². The number of fused-ring (bicyclic) bond motifs is 2. The van der Waals surface area contributed by atoms with Gasteiger partial charge in [0.2, 0.25) is 5.76 Å². The van der Waals surface area contributed by atoms with Gasteiger partial charge in [0.1, 0.15) is 17.2 Å². The predicted octanol–water partition coefficient (Wildman–Crippen LogP) is 4.08. The molecule has 2 aromatic carbocycles. The second kappa shape index (κ2) is 6.13. The number of halogens is 1. The van der Waals surface area contributed by atoms with Gasteiger partial charge < -0.3 is 4.42 Å². The molecule has 1 aliphatic rings. The van der Waals surface area contributed by atoms with Crippen LogP contribution in [0.15, 0.2) is 82.1 Å². The highest BCUT2D eigenvalue weighted by Crippen LogP contribution is 2.41. The average molecular weight is 372 g/mol. The van der Waals surface area contributed by atoms with Crippen molar-refractivity contribution >= 4 is 22.7 Å². The van der Waals surface area contributed by atoms with Crippen LogP contribution in [0, 0.1) is 5.82 Å². The minimum Gasteiger partial charge on any atom is -0.450 e. The van der Waals surface area contributed by atoms with Crippen molar-refractivity contribution in [3.8, 4) is 0 Å². The molecule has 3 heterocycles. The number of nitrogens with zero attached hydrogens (tertiary/aromatic N) is 2. The molecular weight excluding hydrogens is 359 g/mol. The van der Waals surface area contributed by atoms with Gasteiger partial charge in [-0.15, -0.1) is 0 Å². The number of para-hydroxylation sites is 1. The summed E-state index contributed by atoms with van der Waals surface area (Å²) in [7, 11) is 0. The molecule has 2 aromatic heterocycles. The van der Waals surface area contributed by atoms with Crippen LogP contribution >= 0.6 is 0 Å². The highest BCUT2D eigenvalue weighted by atomic mass is 19.1. The molecule has 4 aromatic rings. The van der Waals surface area contributed by atoms with Crippen LogP contribution in [0.2, 0.25) is 0 Å². The number of hydrogen-bond acceptors (Lipinski definition) is 4. The van der Waals surface area contributed by atoms with Crippen LogP contribution in [0.4, 0.5) is 10.2 Å². The fourth-order valence-corrected chi connectivity index (χ4v) is 3.64. The molecule has 5 rings (SSSR count). The molecule has 0 radical (unpaired) electrons. The summed E-state index contributed by atoms with van der Waals surface area (Å²) in [6.45, 7) is 0. The Bertz CT molecular complexity index is 1280. The summed E-state index contributed by atoms with van der Waals surface area (Å²) in [5, 5.41) is 0.346. The molecular formula is C22H13FN2O3. The van der Waals surface area contributed by atoms with Gasteiger partial charge in [0.25, 0.3) is 5.91 Å². The molecule has 0 spiro atoms. The normalized spacial score (nSPS) is 15.8. The van der Waals surface area contributed by atoms with E-state index in [-0.39, 0.29) is 22.3 Å². The van der Waals surface area contributed by atoms with Crippen molar-refractivity contribution in [3.05, 3.63) is 106 Å². The number of aromatic nitrogens is 1. The van der Waals surface area contributed by atoms with Crippen molar-refractivity contribution in [1.82, 2.24) is 4.98 Å². The Kier molecular flexibility index (Phi) is 3.58. The highest BCUT2D eigenvalue weighted by molar-refractivity contribution is 6.10. The molecule has 5 nitrogen and oxygen atoms in total. The van der Waals surface area contributed by atoms with E-state index in [0.29, 0.717) is 16.8 Å². The van der Waals surface area contributed by atoms with Gasteiger partial charge in [-0.1, -0.05) is 36.4 Å². The van der Waals surface area contributed by atoms with E-state index in [0.717, 1.165) is 0 Å². The van der Waals surface area contributed by atoms with Crippen molar-refractivity contribution < 1.29 is 13.6 Å². The summed E-state index contributed by atoms with van der Waals surface area (Å²) < 4.78 is 20.5. The molecule has 0 saturated heterocycles. The predicted molar refractivity (Wildman–Crippen MR) is 102 cm³/mol. The first kappa shape index (κ1) is 16.4. The van der Waals surface area contributed by atoms with E-state index in [4.69, 9.17) is 4.42 Å². The molecule has 1 atom stereocenters. The van der Waals surface area contributed by atoms with E-state index in [1.54, 1.807) is 60.7 Å². The first-order valence-corrected chi connectivity index (χ1v) is 8.71. The molecule has 1 unspecified atom stereocenters. The number of amides is 1. The number of rotatable bonds is 2. The minimum atomic E-state index is -0.959. The molecule has 1 amide bonds. The van der Waals surface area contributed by atoms with E-state index >= 15 is 0 Å². The molecule has 136 valence electrons. The maximum Gasteiger partial charge on any atom is 0.296 e. The zero-order chi connectivity index (χ0) is 19.3. The van der Waals surface area contributed by atoms with Crippen molar-refractivity contribution in [2.75, 3.05) is 4.90 Å². The van der Waals surface area contributed by atoms with Gasteiger partial charge in [0.15, 0.2) is 5.43 Å². The van der Waals surface area contributed by atoms with Gasteiger partial charge in [0, 0.05) is 11.8 Å². The zero-order valence-corrected chi connectivity index (χ0v) is 14.5. The number of anilines is 1. The third kappa shape index (κ3) is 2.28. The monoisotopic (exact) mass is 372 g/mol. The van der Waals surface area contributed by atoms with Crippen LogP contribution in [0.25, 0.3) is 11.0 Å². The molecule has 0 aliphatic carbocycles. The van der Waals surface area contributed by atoms with Gasteiger partial charge in [-0.25, -0.2) is 9.37 Å². The van der Waals surface area contributed by atoms with E-state index in [1.165, 1.54) is 17.2 Å². The summed E-state index contributed by atoms with van der Waals surface area (Å²) in [6, 6.07) is 16.9. The minimum absolute atomic E-state index is 0.0809. The summed E-state index contributed by atoms with van der Waals surface area (Å²) in [5.41, 5.74) is 0.300. The van der Waals surface area contributed by atoms with Crippen LogP contribution in [-0.2, 0) is 0 Å². The average Bonchev–Trinajstić information content (AvgIpc) is 3.02. The van der Waals surface area contributed by atoms with Crippen LogP contribution in [0.1, 0.15) is 27.7 Å². The highest BCUT2D eigenvalue weighted by Gasteiger charge is 2.45. The molecule has 0 N–H and O–H groups in total. The van der Waals surface area contributed by atoms with Gasteiger partial charge in [-0.3, -0.25) is 14.5 Å². The maximum absolute atomic E-state index is 14.7. The fraction of sp³-hybridized carbons (Fsp3) is 0.0455. The lowest BCUT2D eigenvalue weighted by atomic mass is 9.98. The van der Waals surface area contributed by atoms with Crippen LogP contribution < -0.4 is 10.3 Å². The number of carbonyl (C=O) groups excluding carboxylic acids is 1. The zero-order valence-electron chi connectivity index (χ0n) is 14.5. The smallest absolute Gasteiger partial charge is 0.296 e. The second-order valence-electron chi connectivity index (χ2n) is 6.46. The first-order chi connectivity index (χ1) is 13.7. The number of carbonyl (C=O) groups is 1. The Morgan fingerprint density at radius 2 is 1.68 bits per heavy atom. The van der Waals surface area contributed by atoms with Gasteiger partial charge >= 0.3 is 0 Å². The molecule has 1 aliphatic heterocycles. The summed E-state index contributed by atoms with van der Waals surface area (Å²) in [6.07, 6.45) is 1.54. The Labute approximate surface area is 158 Å². The summed E-state index contributed by atoms with van der Waals surface area (Å²) >= 11 is 0. The Hall–Kier alpha value is -3.80. The van der Waals surface area contributed by atoms with E-state index in [1.807, 2.05) is 0 Å². The van der Waals surface area contributed by atoms with E-state index in [2.05, 4.69) is 4.98 Å². The van der Waals surface area contributed by atoms with E-state index in [9.17, 15) is 14.0 Å². The topological polar surface area (TPSA) is 63.4 Å². The van der Waals surface area contributed by atoms with Gasteiger partial charge in [-0.2, -0.15) is 0 Å². The number of benzene rings is 2. The first-order valence-electron chi connectivity index (χ1n) is 8.71. The van der Waals surface area contributed by atoms with Gasteiger partial charge in [-0.05, 0) is 30.3 Å². The lowest BCUT2D eigenvalue weighted by Crippen LogP contribution is -2.30. The lowest BCUT2D eigenvalue weighted by molar-refractivity contribution is 0.0970. The third-order valence-corrected chi connectivity index (χ3v) is 4.87. The van der Waals surface area contributed by atoms with Crippen LogP contribution in [0.3, 0.4) is 0 Å². The van der Waals surface area contributed by atoms with Gasteiger partial charge in [0.05, 0.1) is 17.0 Å². The van der Waals surface area contributed by atoms with Crippen molar-refractivity contribution in [2.45, 2.75) is 6.04 Å². The summed E-state index contributed by atoms with van der Waals surface area (Å²) in [4.78, 5) is 32.0.